The molecule has 0 heteroatoms. The average molecular weight is 495 g/mol. The van der Waals surface area contributed by atoms with E-state index in [2.05, 4.69) is 86.6 Å². The van der Waals surface area contributed by atoms with E-state index < -0.39 is 0 Å². The van der Waals surface area contributed by atoms with Crippen molar-refractivity contribution in [3.8, 4) is 0 Å². The van der Waals surface area contributed by atoms with Crippen LogP contribution in [0.1, 0.15) is 76.3 Å². The molecule has 0 radical (unpaired) electrons. The monoisotopic (exact) mass is 494 g/mol. The molecule has 0 spiro atoms. The van der Waals surface area contributed by atoms with E-state index in [0.29, 0.717) is 0 Å². The predicted molar refractivity (Wildman–Crippen MR) is 170 cm³/mol. The van der Waals surface area contributed by atoms with Gasteiger partial charge in [-0.05, 0) is 138 Å². The first kappa shape index (κ1) is 23.7. The Balaban J connectivity index is 1.24. The van der Waals surface area contributed by atoms with Crippen molar-refractivity contribution in [3.05, 3.63) is 83.9 Å². The third-order valence-electron chi connectivity index (χ3n) is 9.04. The van der Waals surface area contributed by atoms with Crippen LogP contribution in [-0.4, -0.2) is 0 Å². The van der Waals surface area contributed by atoms with Gasteiger partial charge in [0.25, 0.3) is 0 Å². The maximum absolute atomic E-state index is 2.46. The molecule has 7 aromatic carbocycles. The molecule has 7 rings (SSSR count). The molecule has 0 saturated heterocycles. The van der Waals surface area contributed by atoms with E-state index in [9.17, 15) is 0 Å². The molecule has 0 nitrogen and oxygen atoms in total. The fraction of sp³-hybridized carbons (Fsp3) is 0.316. The van der Waals surface area contributed by atoms with Crippen LogP contribution in [-0.2, 0) is 12.8 Å². The van der Waals surface area contributed by atoms with Gasteiger partial charge in [-0.3, -0.25) is 0 Å². The summed E-state index contributed by atoms with van der Waals surface area (Å²) in [4.78, 5) is 0. The molecule has 0 atom stereocenters. The number of unbranched alkanes of at least 4 members (excludes halogenated alkanes) is 6. The third-order valence-corrected chi connectivity index (χ3v) is 9.04. The Morgan fingerprint density at radius 3 is 1.11 bits per heavy atom. The topological polar surface area (TPSA) is 0 Å². The Hall–Kier alpha value is -3.38. The van der Waals surface area contributed by atoms with Crippen molar-refractivity contribution in [2.45, 2.75) is 78.1 Å². The quantitative estimate of drug-likeness (QED) is 0.166. The van der Waals surface area contributed by atoms with E-state index in [-0.39, 0.29) is 0 Å². The van der Waals surface area contributed by atoms with Gasteiger partial charge in [0.15, 0.2) is 0 Å². The zero-order valence-electron chi connectivity index (χ0n) is 23.0. The Morgan fingerprint density at radius 1 is 0.342 bits per heavy atom. The van der Waals surface area contributed by atoms with E-state index in [0.717, 1.165) is 0 Å². The van der Waals surface area contributed by atoms with Gasteiger partial charge in [-0.1, -0.05) is 88.8 Å². The fourth-order valence-corrected chi connectivity index (χ4v) is 6.77. The summed E-state index contributed by atoms with van der Waals surface area (Å²) in [5, 5.41) is 17.0. The Labute approximate surface area is 226 Å². The van der Waals surface area contributed by atoms with Crippen molar-refractivity contribution in [2.75, 3.05) is 0 Å². The van der Waals surface area contributed by atoms with Crippen LogP contribution >= 0.6 is 0 Å². The predicted octanol–water partition coefficient (Wildman–Crippen LogP) is 11.7. The molecule has 0 aliphatic heterocycles. The summed E-state index contributed by atoms with van der Waals surface area (Å²) < 4.78 is 0. The Kier molecular flexibility index (Phi) is 6.08. The molecule has 0 unspecified atom stereocenters. The highest BCUT2D eigenvalue weighted by Gasteiger charge is 2.17. The number of hydrogen-bond donors (Lipinski definition) is 0. The van der Waals surface area contributed by atoms with Crippen molar-refractivity contribution in [1.29, 1.82) is 0 Å². The average Bonchev–Trinajstić information content (AvgIpc) is 2.94. The zero-order valence-corrected chi connectivity index (χ0v) is 23.0. The van der Waals surface area contributed by atoms with Gasteiger partial charge in [0.2, 0.25) is 0 Å². The molecule has 0 bridgehead atoms. The van der Waals surface area contributed by atoms with Gasteiger partial charge >= 0.3 is 0 Å². The molecule has 190 valence electrons. The second-order valence-corrected chi connectivity index (χ2v) is 11.7. The third kappa shape index (κ3) is 3.97. The highest BCUT2D eigenvalue weighted by molar-refractivity contribution is 6.36. The van der Waals surface area contributed by atoms with Crippen molar-refractivity contribution in [2.24, 2.45) is 0 Å². The lowest BCUT2D eigenvalue weighted by atomic mass is 9.84. The normalized spacial score (nSPS) is 12.5. The lowest BCUT2D eigenvalue weighted by Gasteiger charge is -2.19. The first-order chi connectivity index (χ1) is 18.7. The van der Waals surface area contributed by atoms with Crippen molar-refractivity contribution in [1.82, 2.24) is 0 Å². The number of hydrogen-bond acceptors (Lipinski definition) is 0. The number of benzene rings is 5. The standard InChI is InChI=1S/C38H38/c1-3-5-7-9-11-25-13-15-27-19-31-33(21-29(27)17-25)37-23-36-32-20-28-16-14-26(12-10-8-6-4-2)18-30(28)22-34(32)38(36)24-35(31)37/h13-24H,3-12H2,1-2H3. The minimum Gasteiger partial charge on any atom is -0.0654 e. The van der Waals surface area contributed by atoms with Gasteiger partial charge in [-0.25, -0.2) is 0 Å². The van der Waals surface area contributed by atoms with E-state index in [1.165, 1.54) is 140 Å². The van der Waals surface area contributed by atoms with Crippen LogP contribution in [0.25, 0.3) is 64.6 Å². The molecule has 0 saturated carbocycles. The van der Waals surface area contributed by atoms with E-state index in [4.69, 9.17) is 0 Å². The molecule has 0 heterocycles. The summed E-state index contributed by atoms with van der Waals surface area (Å²) in [7, 11) is 0. The van der Waals surface area contributed by atoms with Gasteiger partial charge < -0.3 is 0 Å². The molecular weight excluding hydrogens is 456 g/mol. The smallest absolute Gasteiger partial charge is 0.00921 e. The summed E-state index contributed by atoms with van der Waals surface area (Å²) in [5.41, 5.74) is 2.96. The SMILES string of the molecule is CCCCCCc1ccc2cc3c(cc2c1)c1cc2c4cc5ccc(CCCCCC)cc5cc4c2cc31. The molecule has 0 aliphatic rings. The summed E-state index contributed by atoms with van der Waals surface area (Å²) in [6.07, 6.45) is 13.0. The summed E-state index contributed by atoms with van der Waals surface area (Å²) in [6.45, 7) is 4.57. The number of aryl methyl sites for hydroxylation is 2. The van der Waals surface area contributed by atoms with Crippen LogP contribution in [0.3, 0.4) is 0 Å². The van der Waals surface area contributed by atoms with Crippen LogP contribution < -0.4 is 0 Å². The molecule has 0 N–H and O–H groups in total. The zero-order chi connectivity index (χ0) is 25.6. The minimum atomic E-state index is 1.20. The van der Waals surface area contributed by atoms with Crippen LogP contribution in [0.15, 0.2) is 72.8 Å². The summed E-state index contributed by atoms with van der Waals surface area (Å²) in [5.74, 6) is 0. The van der Waals surface area contributed by atoms with Crippen molar-refractivity contribution in [3.63, 3.8) is 0 Å². The van der Waals surface area contributed by atoms with Crippen LogP contribution in [0.4, 0.5) is 0 Å². The summed E-state index contributed by atoms with van der Waals surface area (Å²) >= 11 is 0. The molecule has 0 fully saturated rings. The van der Waals surface area contributed by atoms with Gasteiger partial charge in [0.05, 0.1) is 0 Å². The number of rotatable bonds is 10. The number of fused-ring (bicyclic) bond motifs is 10. The minimum absolute atomic E-state index is 1.20. The molecule has 7 aromatic rings. The van der Waals surface area contributed by atoms with Gasteiger partial charge in [0.1, 0.15) is 0 Å². The van der Waals surface area contributed by atoms with Gasteiger partial charge in [-0.15, -0.1) is 0 Å². The lowest BCUT2D eigenvalue weighted by Crippen LogP contribution is -1.92. The van der Waals surface area contributed by atoms with Crippen LogP contribution in [0.2, 0.25) is 0 Å². The second-order valence-electron chi connectivity index (χ2n) is 11.7. The largest absolute Gasteiger partial charge is 0.0654 e. The highest BCUT2D eigenvalue weighted by Crippen LogP contribution is 2.45. The van der Waals surface area contributed by atoms with Gasteiger partial charge in [-0.2, -0.15) is 0 Å². The van der Waals surface area contributed by atoms with Crippen molar-refractivity contribution >= 4 is 64.6 Å². The molecule has 38 heavy (non-hydrogen) atoms. The van der Waals surface area contributed by atoms with E-state index in [1.54, 1.807) is 0 Å². The van der Waals surface area contributed by atoms with E-state index in [1.807, 2.05) is 0 Å². The first-order valence-electron chi connectivity index (χ1n) is 15.1. The maximum Gasteiger partial charge on any atom is -0.00921 e. The summed E-state index contributed by atoms with van der Waals surface area (Å²) in [6, 6.07) is 28.9. The first-order valence-corrected chi connectivity index (χ1v) is 15.1. The molecule has 0 aliphatic carbocycles. The van der Waals surface area contributed by atoms with Crippen molar-refractivity contribution < 1.29 is 0 Å². The molecular formula is C38H38. The Bertz CT molecular complexity index is 1750. The molecule has 0 amide bonds. The lowest BCUT2D eigenvalue weighted by molar-refractivity contribution is 0.667. The van der Waals surface area contributed by atoms with Crippen LogP contribution in [0, 0.1) is 0 Å². The van der Waals surface area contributed by atoms with Gasteiger partial charge in [0, 0.05) is 0 Å². The maximum atomic E-state index is 2.46. The fourth-order valence-electron chi connectivity index (χ4n) is 6.77. The van der Waals surface area contributed by atoms with Crippen LogP contribution in [0.5, 0.6) is 0 Å². The second kappa shape index (κ2) is 9.73. The highest BCUT2D eigenvalue weighted by atomic mass is 14.2. The Morgan fingerprint density at radius 2 is 0.711 bits per heavy atom. The molecule has 0 aromatic heterocycles. The van der Waals surface area contributed by atoms with E-state index >= 15 is 0 Å².